The van der Waals surface area contributed by atoms with Gasteiger partial charge in [-0.15, -0.1) is 0 Å². The lowest BCUT2D eigenvalue weighted by atomic mass is 10.0. The monoisotopic (exact) mass is 264 g/mol. The van der Waals surface area contributed by atoms with Crippen molar-refractivity contribution in [1.82, 2.24) is 15.3 Å². The van der Waals surface area contributed by atoms with Gasteiger partial charge in [-0.1, -0.05) is 0 Å². The van der Waals surface area contributed by atoms with Crippen LogP contribution in [-0.2, 0) is 4.74 Å². The predicted molar refractivity (Wildman–Crippen MR) is 72.1 cm³/mol. The van der Waals surface area contributed by atoms with E-state index in [4.69, 9.17) is 4.74 Å². The van der Waals surface area contributed by atoms with Gasteiger partial charge in [0.05, 0.1) is 18.5 Å². The van der Waals surface area contributed by atoms with Gasteiger partial charge in [0.1, 0.15) is 11.5 Å². The number of hydrogen-bond donors (Lipinski definition) is 2. The Morgan fingerprint density at radius 1 is 1.47 bits per heavy atom. The van der Waals surface area contributed by atoms with Crippen LogP contribution in [0.3, 0.4) is 0 Å². The third kappa shape index (κ3) is 3.89. The molecule has 6 nitrogen and oxygen atoms in total. The number of nitrogens with one attached hydrogen (secondary N) is 2. The fourth-order valence-electron chi connectivity index (χ4n) is 2.11. The van der Waals surface area contributed by atoms with Crippen LogP contribution in [0.5, 0.6) is 0 Å². The maximum absolute atomic E-state index is 12.0. The molecule has 1 saturated heterocycles. The van der Waals surface area contributed by atoms with Crippen LogP contribution < -0.4 is 10.6 Å². The third-order valence-electron chi connectivity index (χ3n) is 3.06. The molecule has 0 bridgehead atoms. The summed E-state index contributed by atoms with van der Waals surface area (Å²) < 4.78 is 5.45. The summed E-state index contributed by atoms with van der Waals surface area (Å²) in [6.45, 7) is 5.47. The smallest absolute Gasteiger partial charge is 0.271 e. The summed E-state index contributed by atoms with van der Waals surface area (Å²) in [6.07, 6.45) is 4.95. The first-order valence-electron chi connectivity index (χ1n) is 6.67. The number of carbonyl (C=O) groups excluding carboxylic acids is 1. The standard InChI is InChI=1S/C13H20N4O2/c1-3-14-12-8-15-11(7-16-12)13(18)17-10-4-5-19-9(2)6-10/h7-10H,3-6H2,1-2H3,(H,14,16)(H,17,18). The van der Waals surface area contributed by atoms with E-state index in [1.165, 1.54) is 6.20 Å². The zero-order chi connectivity index (χ0) is 13.7. The summed E-state index contributed by atoms with van der Waals surface area (Å²) in [4.78, 5) is 20.3. The molecule has 2 N–H and O–H groups in total. The predicted octanol–water partition coefficient (Wildman–Crippen LogP) is 1.21. The van der Waals surface area contributed by atoms with Crippen LogP contribution in [0.25, 0.3) is 0 Å². The molecule has 1 amide bonds. The summed E-state index contributed by atoms with van der Waals surface area (Å²) in [5.41, 5.74) is 0.348. The van der Waals surface area contributed by atoms with Gasteiger partial charge in [0.15, 0.2) is 0 Å². The van der Waals surface area contributed by atoms with Gasteiger partial charge < -0.3 is 15.4 Å². The van der Waals surface area contributed by atoms with Gasteiger partial charge in [-0.2, -0.15) is 0 Å². The molecule has 0 spiro atoms. The summed E-state index contributed by atoms with van der Waals surface area (Å²) in [6, 6.07) is 0.159. The molecule has 1 aromatic heterocycles. The fourth-order valence-corrected chi connectivity index (χ4v) is 2.11. The Morgan fingerprint density at radius 2 is 2.32 bits per heavy atom. The first-order valence-corrected chi connectivity index (χ1v) is 6.67. The largest absolute Gasteiger partial charge is 0.378 e. The van der Waals surface area contributed by atoms with Gasteiger partial charge in [0.25, 0.3) is 5.91 Å². The van der Waals surface area contributed by atoms with Crippen LogP contribution >= 0.6 is 0 Å². The highest BCUT2D eigenvalue weighted by atomic mass is 16.5. The van der Waals surface area contributed by atoms with Crippen molar-refractivity contribution in [2.24, 2.45) is 0 Å². The topological polar surface area (TPSA) is 76.1 Å². The van der Waals surface area contributed by atoms with Crippen LogP contribution in [0.4, 0.5) is 5.82 Å². The zero-order valence-electron chi connectivity index (χ0n) is 11.3. The minimum absolute atomic E-state index is 0.159. The second kappa shape index (κ2) is 6.47. The van der Waals surface area contributed by atoms with Crippen LogP contribution in [0, 0.1) is 0 Å². The summed E-state index contributed by atoms with van der Waals surface area (Å²) in [5, 5.41) is 6.01. The highest BCUT2D eigenvalue weighted by molar-refractivity contribution is 5.92. The molecule has 2 heterocycles. The van der Waals surface area contributed by atoms with Gasteiger partial charge in [-0.25, -0.2) is 9.97 Å². The van der Waals surface area contributed by atoms with Crippen molar-refractivity contribution in [3.8, 4) is 0 Å². The van der Waals surface area contributed by atoms with Crippen molar-refractivity contribution in [3.63, 3.8) is 0 Å². The van der Waals surface area contributed by atoms with Crippen molar-refractivity contribution in [1.29, 1.82) is 0 Å². The minimum Gasteiger partial charge on any atom is -0.378 e. The first kappa shape index (κ1) is 13.7. The van der Waals surface area contributed by atoms with E-state index in [0.29, 0.717) is 18.1 Å². The van der Waals surface area contributed by atoms with E-state index in [1.807, 2.05) is 13.8 Å². The van der Waals surface area contributed by atoms with Gasteiger partial charge >= 0.3 is 0 Å². The average Bonchev–Trinajstić information content (AvgIpc) is 2.40. The lowest BCUT2D eigenvalue weighted by Crippen LogP contribution is -2.41. The Hall–Kier alpha value is -1.69. The van der Waals surface area contributed by atoms with E-state index < -0.39 is 0 Å². The van der Waals surface area contributed by atoms with Gasteiger partial charge in [0.2, 0.25) is 0 Å². The van der Waals surface area contributed by atoms with E-state index in [-0.39, 0.29) is 18.1 Å². The molecule has 19 heavy (non-hydrogen) atoms. The number of nitrogens with zero attached hydrogens (tertiary/aromatic N) is 2. The minimum atomic E-state index is -0.172. The molecule has 1 fully saturated rings. The van der Waals surface area contributed by atoms with Crippen molar-refractivity contribution in [3.05, 3.63) is 18.1 Å². The molecule has 0 aromatic carbocycles. The Kier molecular flexibility index (Phi) is 4.68. The zero-order valence-corrected chi connectivity index (χ0v) is 11.3. The molecule has 104 valence electrons. The van der Waals surface area contributed by atoms with Gasteiger partial charge in [-0.3, -0.25) is 4.79 Å². The van der Waals surface area contributed by atoms with E-state index in [1.54, 1.807) is 6.20 Å². The van der Waals surface area contributed by atoms with E-state index >= 15 is 0 Å². The Morgan fingerprint density at radius 3 is 2.95 bits per heavy atom. The lowest BCUT2D eigenvalue weighted by molar-refractivity contribution is 0.0136. The third-order valence-corrected chi connectivity index (χ3v) is 3.06. The Bertz CT molecular complexity index is 421. The molecule has 0 aliphatic carbocycles. The molecule has 2 rings (SSSR count). The van der Waals surface area contributed by atoms with E-state index in [0.717, 1.165) is 19.4 Å². The number of rotatable bonds is 4. The lowest BCUT2D eigenvalue weighted by Gasteiger charge is -2.27. The van der Waals surface area contributed by atoms with E-state index in [2.05, 4.69) is 20.6 Å². The first-order chi connectivity index (χ1) is 9.19. The Balaban J connectivity index is 1.91. The van der Waals surface area contributed by atoms with Crippen molar-refractivity contribution in [2.75, 3.05) is 18.5 Å². The van der Waals surface area contributed by atoms with Crippen LogP contribution in [0.15, 0.2) is 12.4 Å². The second-order valence-corrected chi connectivity index (χ2v) is 4.69. The normalized spacial score (nSPS) is 22.8. The average molecular weight is 264 g/mol. The van der Waals surface area contributed by atoms with Crippen LogP contribution in [0.2, 0.25) is 0 Å². The molecule has 1 aromatic rings. The van der Waals surface area contributed by atoms with Crippen molar-refractivity contribution < 1.29 is 9.53 Å². The molecule has 1 aliphatic rings. The number of anilines is 1. The SMILES string of the molecule is CCNc1cnc(C(=O)NC2CCOC(C)C2)cn1. The number of amides is 1. The quantitative estimate of drug-likeness (QED) is 0.854. The molecule has 6 heteroatoms. The Labute approximate surface area is 113 Å². The van der Waals surface area contributed by atoms with Crippen LogP contribution in [0.1, 0.15) is 37.2 Å². The molecular weight excluding hydrogens is 244 g/mol. The number of ether oxygens (including phenoxy) is 1. The van der Waals surface area contributed by atoms with Crippen LogP contribution in [-0.4, -0.2) is 41.2 Å². The molecule has 0 saturated carbocycles. The summed E-state index contributed by atoms with van der Waals surface area (Å²) >= 11 is 0. The van der Waals surface area contributed by atoms with Gasteiger partial charge in [0, 0.05) is 19.2 Å². The van der Waals surface area contributed by atoms with Crippen molar-refractivity contribution >= 4 is 11.7 Å². The van der Waals surface area contributed by atoms with Crippen molar-refractivity contribution in [2.45, 2.75) is 38.8 Å². The summed E-state index contributed by atoms with van der Waals surface area (Å²) in [5.74, 6) is 0.508. The fraction of sp³-hybridized carbons (Fsp3) is 0.615. The van der Waals surface area contributed by atoms with Gasteiger partial charge in [-0.05, 0) is 26.7 Å². The number of aromatic nitrogens is 2. The second-order valence-electron chi connectivity index (χ2n) is 4.69. The van der Waals surface area contributed by atoms with E-state index in [9.17, 15) is 4.79 Å². The summed E-state index contributed by atoms with van der Waals surface area (Å²) in [7, 11) is 0. The number of carbonyl (C=O) groups is 1. The molecule has 0 radical (unpaired) electrons. The maximum Gasteiger partial charge on any atom is 0.271 e. The molecule has 1 aliphatic heterocycles. The molecule has 2 atom stereocenters. The molecule has 2 unspecified atom stereocenters. The highest BCUT2D eigenvalue weighted by Crippen LogP contribution is 2.13. The maximum atomic E-state index is 12.0. The number of hydrogen-bond acceptors (Lipinski definition) is 5. The highest BCUT2D eigenvalue weighted by Gasteiger charge is 2.21. The molecular formula is C13H20N4O2.